The Kier molecular flexibility index (Phi) is 4.31. The lowest BCUT2D eigenvalue weighted by Gasteiger charge is -1.97. The Morgan fingerprint density at radius 1 is 1.47 bits per heavy atom. The first-order chi connectivity index (χ1) is 7.17. The van der Waals surface area contributed by atoms with Crippen molar-refractivity contribution in [3.8, 4) is 6.07 Å². The summed E-state index contributed by atoms with van der Waals surface area (Å²) < 4.78 is 5.57. The molecule has 0 saturated heterocycles. The normalized spacial score (nSPS) is 10.6. The molecule has 1 aromatic carbocycles. The highest BCUT2D eigenvalue weighted by Gasteiger charge is 2.07. The molecule has 4 heteroatoms. The molecule has 0 aliphatic carbocycles. The third kappa shape index (κ3) is 3.36. The van der Waals surface area contributed by atoms with Crippen molar-refractivity contribution >= 4 is 34.6 Å². The van der Waals surface area contributed by atoms with Crippen LogP contribution in [0, 0.1) is 14.9 Å². The molecule has 0 spiro atoms. The molecular weight excluding hydrogens is 305 g/mol. The van der Waals surface area contributed by atoms with Gasteiger partial charge in [0.2, 0.25) is 0 Å². The lowest BCUT2D eigenvalue weighted by atomic mass is 10.1. The molecule has 0 aliphatic rings. The predicted molar refractivity (Wildman–Crippen MR) is 64.8 cm³/mol. The number of hydrogen-bond donors (Lipinski definition) is 0. The molecule has 0 fully saturated rings. The van der Waals surface area contributed by atoms with Crippen LogP contribution < -0.4 is 0 Å². The van der Waals surface area contributed by atoms with Crippen LogP contribution in [0.4, 0.5) is 0 Å². The predicted octanol–water partition coefficient (Wildman–Crippen LogP) is 2.37. The summed E-state index contributed by atoms with van der Waals surface area (Å²) in [6.07, 6.45) is 1.50. The van der Waals surface area contributed by atoms with E-state index in [9.17, 15) is 4.79 Å². The molecule has 1 aromatic rings. The minimum absolute atomic E-state index is 0.00120. The van der Waals surface area contributed by atoms with E-state index in [2.05, 4.69) is 27.3 Å². The van der Waals surface area contributed by atoms with E-state index in [1.165, 1.54) is 13.2 Å². The van der Waals surface area contributed by atoms with E-state index in [1.807, 2.05) is 24.3 Å². The highest BCUT2D eigenvalue weighted by molar-refractivity contribution is 14.1. The first-order valence-corrected chi connectivity index (χ1v) is 5.21. The first kappa shape index (κ1) is 11.7. The number of ether oxygens (including phenoxy) is 1. The van der Waals surface area contributed by atoms with Crippen LogP contribution in [0.25, 0.3) is 6.08 Å². The number of esters is 1. The summed E-state index contributed by atoms with van der Waals surface area (Å²) in [6.45, 7) is 0. The summed E-state index contributed by atoms with van der Waals surface area (Å²) in [6, 6.07) is 9.27. The molecule has 15 heavy (non-hydrogen) atoms. The van der Waals surface area contributed by atoms with Crippen LogP contribution in [-0.4, -0.2) is 13.1 Å². The molecule has 3 nitrogen and oxygen atoms in total. The van der Waals surface area contributed by atoms with Gasteiger partial charge in [-0.05, 0) is 46.4 Å². The fourth-order valence-electron chi connectivity index (χ4n) is 0.972. The van der Waals surface area contributed by atoms with Crippen molar-refractivity contribution < 1.29 is 9.53 Å². The number of nitriles is 1. The third-order valence-corrected chi connectivity index (χ3v) is 2.43. The van der Waals surface area contributed by atoms with Crippen LogP contribution in [0.1, 0.15) is 5.56 Å². The number of nitrogens with zero attached hydrogens (tertiary/aromatic N) is 1. The Hall–Kier alpha value is -1.35. The standard InChI is InChI=1S/C11H8INO2/c1-15-11(14)9(7-13)6-8-2-4-10(12)5-3-8/h2-6H,1H3/b9-6-. The van der Waals surface area contributed by atoms with Crippen molar-refractivity contribution in [3.05, 3.63) is 39.0 Å². The second-order valence-electron chi connectivity index (χ2n) is 2.71. The Labute approximate surface area is 101 Å². The van der Waals surface area contributed by atoms with Gasteiger partial charge in [-0.1, -0.05) is 12.1 Å². The molecule has 0 N–H and O–H groups in total. The smallest absolute Gasteiger partial charge is 0.348 e. The van der Waals surface area contributed by atoms with Crippen molar-refractivity contribution in [1.29, 1.82) is 5.26 Å². The maximum atomic E-state index is 11.1. The van der Waals surface area contributed by atoms with Crippen LogP contribution in [0.5, 0.6) is 0 Å². The van der Waals surface area contributed by atoms with Gasteiger partial charge in [0.05, 0.1) is 7.11 Å². The molecule has 0 bridgehead atoms. The Morgan fingerprint density at radius 3 is 2.53 bits per heavy atom. The lowest BCUT2D eigenvalue weighted by Crippen LogP contribution is -2.02. The average Bonchev–Trinajstić information content (AvgIpc) is 2.27. The first-order valence-electron chi connectivity index (χ1n) is 4.13. The minimum atomic E-state index is -0.615. The van der Waals surface area contributed by atoms with E-state index in [1.54, 1.807) is 6.07 Å². The molecular formula is C11H8INO2. The summed E-state index contributed by atoms with van der Waals surface area (Å²) >= 11 is 2.18. The molecule has 76 valence electrons. The number of halogens is 1. The molecule has 0 aromatic heterocycles. The fourth-order valence-corrected chi connectivity index (χ4v) is 1.33. The number of rotatable bonds is 2. The van der Waals surface area contributed by atoms with Gasteiger partial charge in [0.25, 0.3) is 0 Å². The van der Waals surface area contributed by atoms with Crippen molar-refractivity contribution in [2.75, 3.05) is 7.11 Å². The van der Waals surface area contributed by atoms with Gasteiger partial charge in [-0.2, -0.15) is 5.26 Å². The van der Waals surface area contributed by atoms with Crippen molar-refractivity contribution in [3.63, 3.8) is 0 Å². The second-order valence-corrected chi connectivity index (χ2v) is 3.96. The Morgan fingerprint density at radius 2 is 2.07 bits per heavy atom. The van der Waals surface area contributed by atoms with Crippen LogP contribution in [0.3, 0.4) is 0 Å². The summed E-state index contributed by atoms with van der Waals surface area (Å²) in [5.74, 6) is -0.615. The third-order valence-electron chi connectivity index (χ3n) is 1.71. The SMILES string of the molecule is COC(=O)/C(C#N)=C\c1ccc(I)cc1. The molecule has 1 rings (SSSR count). The largest absolute Gasteiger partial charge is 0.465 e. The lowest BCUT2D eigenvalue weighted by molar-refractivity contribution is -0.135. The van der Waals surface area contributed by atoms with Crippen LogP contribution in [0.15, 0.2) is 29.8 Å². The molecule has 0 atom stereocenters. The molecule has 0 radical (unpaired) electrons. The number of benzene rings is 1. The van der Waals surface area contributed by atoms with Crippen molar-refractivity contribution in [2.24, 2.45) is 0 Å². The zero-order valence-electron chi connectivity index (χ0n) is 8.03. The minimum Gasteiger partial charge on any atom is -0.465 e. The van der Waals surface area contributed by atoms with Crippen LogP contribution >= 0.6 is 22.6 Å². The Bertz CT molecular complexity index is 429. The zero-order chi connectivity index (χ0) is 11.3. The van der Waals surface area contributed by atoms with Crippen LogP contribution in [0.2, 0.25) is 0 Å². The van der Waals surface area contributed by atoms with Gasteiger partial charge in [-0.15, -0.1) is 0 Å². The van der Waals surface area contributed by atoms with Gasteiger partial charge in [0.15, 0.2) is 0 Å². The van der Waals surface area contributed by atoms with Crippen molar-refractivity contribution in [2.45, 2.75) is 0 Å². The molecule has 0 heterocycles. The van der Waals surface area contributed by atoms with E-state index >= 15 is 0 Å². The summed E-state index contributed by atoms with van der Waals surface area (Å²) in [4.78, 5) is 11.1. The number of methoxy groups -OCH3 is 1. The number of carbonyl (C=O) groups is 1. The van der Waals surface area contributed by atoms with Gasteiger partial charge >= 0.3 is 5.97 Å². The quantitative estimate of drug-likeness (QED) is 0.364. The van der Waals surface area contributed by atoms with Gasteiger partial charge < -0.3 is 4.74 Å². The van der Waals surface area contributed by atoms with Gasteiger partial charge in [0, 0.05) is 3.57 Å². The molecule has 0 saturated carbocycles. The topological polar surface area (TPSA) is 50.1 Å². The molecule has 0 amide bonds. The maximum Gasteiger partial charge on any atom is 0.348 e. The number of carbonyl (C=O) groups excluding carboxylic acids is 1. The fraction of sp³-hybridized carbons (Fsp3) is 0.0909. The van der Waals surface area contributed by atoms with E-state index in [4.69, 9.17) is 5.26 Å². The van der Waals surface area contributed by atoms with Gasteiger partial charge in [-0.3, -0.25) is 0 Å². The van der Waals surface area contributed by atoms with E-state index < -0.39 is 5.97 Å². The van der Waals surface area contributed by atoms with Gasteiger partial charge in [-0.25, -0.2) is 4.79 Å². The molecule has 0 aliphatic heterocycles. The summed E-state index contributed by atoms with van der Waals surface area (Å²) in [5.41, 5.74) is 0.802. The highest BCUT2D eigenvalue weighted by atomic mass is 127. The maximum absolute atomic E-state index is 11.1. The van der Waals surface area contributed by atoms with E-state index in [0.717, 1.165) is 9.13 Å². The summed E-state index contributed by atoms with van der Waals surface area (Å²) in [5, 5.41) is 8.72. The van der Waals surface area contributed by atoms with Gasteiger partial charge in [0.1, 0.15) is 11.6 Å². The average molecular weight is 313 g/mol. The zero-order valence-corrected chi connectivity index (χ0v) is 10.2. The monoisotopic (exact) mass is 313 g/mol. The second kappa shape index (κ2) is 5.51. The van der Waals surface area contributed by atoms with E-state index in [-0.39, 0.29) is 5.57 Å². The Balaban J connectivity index is 3.00. The number of hydrogen-bond acceptors (Lipinski definition) is 3. The van der Waals surface area contributed by atoms with Crippen LogP contribution in [-0.2, 0) is 9.53 Å². The molecule has 0 unspecified atom stereocenters. The highest BCUT2D eigenvalue weighted by Crippen LogP contribution is 2.10. The van der Waals surface area contributed by atoms with E-state index in [0.29, 0.717) is 0 Å². The van der Waals surface area contributed by atoms with Crippen molar-refractivity contribution in [1.82, 2.24) is 0 Å². The summed E-state index contributed by atoms with van der Waals surface area (Å²) in [7, 11) is 1.25.